The first kappa shape index (κ1) is 14.8. The Balaban J connectivity index is 1.39. The van der Waals surface area contributed by atoms with E-state index in [1.807, 2.05) is 32.2 Å². The van der Waals surface area contributed by atoms with Gasteiger partial charge in [0.2, 0.25) is 0 Å². The highest BCUT2D eigenvalue weighted by molar-refractivity contribution is 6.06. The summed E-state index contributed by atoms with van der Waals surface area (Å²) in [6.45, 7) is 0.370. The Hall–Kier alpha value is -3.19. The van der Waals surface area contributed by atoms with Crippen LogP contribution in [0.1, 0.15) is 44.7 Å². The summed E-state index contributed by atoms with van der Waals surface area (Å²) >= 11 is 0. The van der Waals surface area contributed by atoms with Gasteiger partial charge in [0, 0.05) is 51.5 Å². The van der Waals surface area contributed by atoms with Gasteiger partial charge in [0.25, 0.3) is 5.91 Å². The van der Waals surface area contributed by atoms with Gasteiger partial charge in [0.1, 0.15) is 5.82 Å². The summed E-state index contributed by atoms with van der Waals surface area (Å²) in [5.41, 5.74) is 4.00. The number of carbonyl (C=O) groups is 1. The lowest BCUT2D eigenvalue weighted by atomic mass is 10.1. The van der Waals surface area contributed by atoms with E-state index < -0.39 is 6.98 Å². The predicted molar refractivity (Wildman–Crippen MR) is 114 cm³/mol. The molecule has 1 atom stereocenters. The number of anilines is 1. The van der Waals surface area contributed by atoms with Gasteiger partial charge in [-0.05, 0) is 51.5 Å². The SMILES string of the molecule is [2H]C([2H])([2H])N1CCC[C@@H]1c1cc2cnc(NC(=O)c3ccc4c(C)nn(C)c4c3)cc2[nH]1. The molecule has 0 unspecified atom stereocenters. The Morgan fingerprint density at radius 2 is 2.24 bits per heavy atom. The number of rotatable bonds is 3. The molecule has 3 aromatic heterocycles. The van der Waals surface area contributed by atoms with Crippen LogP contribution in [0, 0.1) is 6.92 Å². The molecule has 1 saturated heterocycles. The van der Waals surface area contributed by atoms with Crippen molar-refractivity contribution in [3.63, 3.8) is 0 Å². The summed E-state index contributed by atoms with van der Waals surface area (Å²) in [5.74, 6) is 0.171. The highest BCUT2D eigenvalue weighted by atomic mass is 16.1. The molecule has 5 rings (SSSR count). The number of aromatic amines is 1. The van der Waals surface area contributed by atoms with Crippen molar-refractivity contribution in [2.75, 3.05) is 18.8 Å². The highest BCUT2D eigenvalue weighted by Crippen LogP contribution is 2.32. The molecule has 4 heterocycles. The molecule has 0 aliphatic carbocycles. The number of hydrogen-bond acceptors (Lipinski definition) is 4. The van der Waals surface area contributed by atoms with Gasteiger partial charge in [-0.25, -0.2) is 4.98 Å². The second-order valence-electron chi connectivity index (χ2n) is 7.63. The van der Waals surface area contributed by atoms with E-state index in [9.17, 15) is 4.79 Å². The Morgan fingerprint density at radius 3 is 3.10 bits per heavy atom. The summed E-state index contributed by atoms with van der Waals surface area (Å²) in [6, 6.07) is 9.04. The number of H-pyrrole nitrogens is 1. The van der Waals surface area contributed by atoms with Crippen LogP contribution in [0.2, 0.25) is 0 Å². The average Bonchev–Trinajstić information content (AvgIpc) is 3.44. The lowest BCUT2D eigenvalue weighted by Gasteiger charge is -2.17. The number of benzene rings is 1. The topological polar surface area (TPSA) is 78.8 Å². The van der Waals surface area contributed by atoms with Gasteiger partial charge in [-0.3, -0.25) is 14.4 Å². The van der Waals surface area contributed by atoms with E-state index in [1.165, 1.54) is 0 Å². The largest absolute Gasteiger partial charge is 0.357 e. The molecule has 0 saturated carbocycles. The van der Waals surface area contributed by atoms with E-state index in [0.717, 1.165) is 46.0 Å². The van der Waals surface area contributed by atoms with Crippen molar-refractivity contribution in [1.29, 1.82) is 0 Å². The number of nitrogens with zero attached hydrogens (tertiary/aromatic N) is 4. The molecular formula is C22H24N6O. The number of aryl methyl sites for hydroxylation is 2. The Bertz CT molecular complexity index is 1340. The predicted octanol–water partition coefficient (Wildman–Crippen LogP) is 3.78. The fourth-order valence-electron chi connectivity index (χ4n) is 4.15. The molecule has 1 aliphatic heterocycles. The monoisotopic (exact) mass is 391 g/mol. The van der Waals surface area contributed by atoms with Crippen LogP contribution in [0.5, 0.6) is 0 Å². The Morgan fingerprint density at radius 1 is 1.34 bits per heavy atom. The zero-order chi connectivity index (χ0) is 22.6. The van der Waals surface area contributed by atoms with E-state index in [-0.39, 0.29) is 11.9 Å². The lowest BCUT2D eigenvalue weighted by molar-refractivity contribution is 0.102. The molecule has 1 aliphatic rings. The molecule has 4 aromatic rings. The smallest absolute Gasteiger partial charge is 0.256 e. The molecule has 148 valence electrons. The van der Waals surface area contributed by atoms with Gasteiger partial charge in [0.05, 0.1) is 16.7 Å². The minimum atomic E-state index is -2.12. The van der Waals surface area contributed by atoms with Crippen molar-refractivity contribution >= 4 is 33.5 Å². The average molecular weight is 391 g/mol. The van der Waals surface area contributed by atoms with Crippen LogP contribution in [0.15, 0.2) is 36.5 Å². The molecule has 1 aromatic carbocycles. The van der Waals surface area contributed by atoms with Crippen LogP contribution in [0.4, 0.5) is 5.82 Å². The molecule has 0 bridgehead atoms. The van der Waals surface area contributed by atoms with Crippen LogP contribution in [-0.4, -0.2) is 44.1 Å². The third kappa shape index (κ3) is 3.07. The normalized spacial score (nSPS) is 19.4. The fourth-order valence-corrected chi connectivity index (χ4v) is 4.15. The number of pyridine rings is 1. The van der Waals surface area contributed by atoms with Crippen LogP contribution >= 0.6 is 0 Å². The van der Waals surface area contributed by atoms with Crippen LogP contribution in [0.25, 0.3) is 21.8 Å². The number of amides is 1. The molecular weight excluding hydrogens is 364 g/mol. The molecule has 0 spiro atoms. The van der Waals surface area contributed by atoms with Gasteiger partial charge in [-0.2, -0.15) is 5.10 Å². The number of carbonyl (C=O) groups excluding carboxylic acids is 1. The maximum absolute atomic E-state index is 12.8. The standard InChI is InChI=1S/C22H24N6O/c1-13-16-7-6-14(10-20(16)28(3)26-13)22(29)25-21-11-17-15(12-23-21)9-18(24-17)19-5-4-8-27(19)2/h6-7,9-12,19,24H,4-5,8H2,1-3H3,(H,23,25,29)/t19-/m1/s1/i2D3. The zero-order valence-electron chi connectivity index (χ0n) is 19.4. The van der Waals surface area contributed by atoms with Gasteiger partial charge in [-0.15, -0.1) is 0 Å². The first-order chi connectivity index (χ1) is 15.2. The van der Waals surface area contributed by atoms with Gasteiger partial charge in [0.15, 0.2) is 0 Å². The third-order valence-electron chi connectivity index (χ3n) is 5.68. The van der Waals surface area contributed by atoms with E-state index in [1.54, 1.807) is 27.9 Å². The van der Waals surface area contributed by atoms with E-state index in [4.69, 9.17) is 4.11 Å². The summed E-state index contributed by atoms with van der Waals surface area (Å²) in [5, 5.41) is 9.14. The van der Waals surface area contributed by atoms with Gasteiger partial charge < -0.3 is 10.3 Å². The van der Waals surface area contributed by atoms with Crippen molar-refractivity contribution in [3.8, 4) is 0 Å². The third-order valence-corrected chi connectivity index (χ3v) is 5.68. The number of aromatic nitrogens is 4. The van der Waals surface area contributed by atoms with E-state index >= 15 is 0 Å². The van der Waals surface area contributed by atoms with Crippen molar-refractivity contribution in [2.24, 2.45) is 7.05 Å². The summed E-state index contributed by atoms with van der Waals surface area (Å²) in [7, 11) is 1.85. The van der Waals surface area contributed by atoms with Crippen LogP contribution in [0.3, 0.4) is 0 Å². The van der Waals surface area contributed by atoms with Gasteiger partial charge in [-0.1, -0.05) is 6.07 Å². The number of hydrogen-bond donors (Lipinski definition) is 2. The maximum Gasteiger partial charge on any atom is 0.256 e. The van der Waals surface area contributed by atoms with Crippen molar-refractivity contribution in [2.45, 2.75) is 25.8 Å². The van der Waals surface area contributed by atoms with Crippen LogP contribution in [-0.2, 0) is 7.05 Å². The van der Waals surface area contributed by atoms with E-state index in [2.05, 4.69) is 20.4 Å². The number of fused-ring (bicyclic) bond motifs is 2. The van der Waals surface area contributed by atoms with E-state index in [0.29, 0.717) is 17.9 Å². The molecule has 1 amide bonds. The Labute approximate surface area is 172 Å². The van der Waals surface area contributed by atoms with Gasteiger partial charge >= 0.3 is 0 Å². The van der Waals surface area contributed by atoms with Crippen molar-refractivity contribution < 1.29 is 8.91 Å². The first-order valence-corrected chi connectivity index (χ1v) is 9.71. The lowest BCUT2D eigenvalue weighted by Crippen LogP contribution is -2.17. The highest BCUT2D eigenvalue weighted by Gasteiger charge is 2.24. The minimum Gasteiger partial charge on any atom is -0.357 e. The molecule has 29 heavy (non-hydrogen) atoms. The molecule has 0 radical (unpaired) electrons. The molecule has 1 fully saturated rings. The quantitative estimate of drug-likeness (QED) is 0.557. The Kier molecular flexibility index (Phi) is 3.41. The van der Waals surface area contributed by atoms with Crippen molar-refractivity contribution in [3.05, 3.63) is 53.5 Å². The van der Waals surface area contributed by atoms with Crippen LogP contribution < -0.4 is 5.32 Å². The van der Waals surface area contributed by atoms with Crippen molar-refractivity contribution in [1.82, 2.24) is 24.6 Å². The molecule has 2 N–H and O–H groups in total. The first-order valence-electron chi connectivity index (χ1n) is 11.2. The summed E-state index contributed by atoms with van der Waals surface area (Å²) in [6.07, 6.45) is 3.32. The summed E-state index contributed by atoms with van der Waals surface area (Å²) < 4.78 is 25.1. The zero-order valence-corrected chi connectivity index (χ0v) is 16.4. The number of nitrogens with one attached hydrogen (secondary N) is 2. The molecule has 7 heteroatoms. The minimum absolute atomic E-state index is 0.179. The second kappa shape index (κ2) is 6.70. The fraction of sp³-hybridized carbons (Fsp3) is 0.318. The maximum atomic E-state index is 12.8. The molecule has 7 nitrogen and oxygen atoms in total. The number of likely N-dealkylation sites (tertiary alicyclic amines) is 1. The summed E-state index contributed by atoms with van der Waals surface area (Å²) in [4.78, 5) is 22.1. The second-order valence-corrected chi connectivity index (χ2v) is 7.63.